The lowest BCUT2D eigenvalue weighted by Crippen LogP contribution is -2.23. The fraction of sp³-hybridized carbons (Fsp3) is 0.471. The maximum Gasteiger partial charge on any atom is 0.436 e. The molecule has 0 heterocycles. The van der Waals surface area contributed by atoms with Crippen LogP contribution in [-0.4, -0.2) is 28.4 Å². The summed E-state index contributed by atoms with van der Waals surface area (Å²) in [6, 6.07) is 7.52. The fourth-order valence-corrected chi connectivity index (χ4v) is 2.34. The number of aryl methyl sites for hydroxylation is 1. The smallest absolute Gasteiger partial charge is 0.436 e. The number of nitrogens with two attached hydrogens (primary N) is 1. The van der Waals surface area contributed by atoms with Crippen molar-refractivity contribution in [2.75, 3.05) is 5.75 Å². The number of carbonyl (C=O) groups excluding carboxylic acids is 2. The van der Waals surface area contributed by atoms with E-state index in [1.54, 1.807) is 20.8 Å². The Labute approximate surface area is 141 Å². The summed E-state index contributed by atoms with van der Waals surface area (Å²) in [4.78, 5) is 27.1. The second-order valence-corrected chi connectivity index (χ2v) is 7.29. The second-order valence-electron chi connectivity index (χ2n) is 6.17. The predicted molar refractivity (Wildman–Crippen MR) is 95.1 cm³/mol. The quantitative estimate of drug-likeness (QED) is 0.381. The average Bonchev–Trinajstić information content (AvgIpc) is 2.42. The molecule has 6 heteroatoms. The lowest BCUT2D eigenvalue weighted by Gasteiger charge is -2.17. The van der Waals surface area contributed by atoms with E-state index in [1.807, 2.05) is 31.2 Å². The summed E-state index contributed by atoms with van der Waals surface area (Å²) < 4.78 is 5.05. The molecule has 23 heavy (non-hydrogen) atoms. The second kappa shape index (κ2) is 8.72. The molecule has 0 saturated heterocycles. The van der Waals surface area contributed by atoms with Gasteiger partial charge in [-0.1, -0.05) is 41.6 Å². The van der Waals surface area contributed by atoms with Crippen LogP contribution in [0.15, 0.2) is 29.3 Å². The number of aliphatic imine (C=N–C) groups is 1. The Morgan fingerprint density at radius 3 is 2.39 bits per heavy atom. The maximum atomic E-state index is 12.0. The molecule has 0 unspecified atom stereocenters. The zero-order valence-electron chi connectivity index (χ0n) is 14.1. The molecule has 1 rings (SSSR count). The normalized spacial score (nSPS) is 12.1. The molecule has 5 nitrogen and oxygen atoms in total. The Hall–Kier alpha value is -1.82. The number of ether oxygens (including phenoxy) is 1. The van der Waals surface area contributed by atoms with Gasteiger partial charge in [0.15, 0.2) is 11.0 Å². The van der Waals surface area contributed by atoms with Gasteiger partial charge in [-0.3, -0.25) is 4.79 Å². The first-order chi connectivity index (χ1) is 10.7. The summed E-state index contributed by atoms with van der Waals surface area (Å²) in [5.74, 6) is 0.726. The molecule has 0 fully saturated rings. The van der Waals surface area contributed by atoms with E-state index in [4.69, 9.17) is 10.5 Å². The van der Waals surface area contributed by atoms with Crippen molar-refractivity contribution >= 4 is 28.8 Å². The molecular weight excluding hydrogens is 312 g/mol. The number of amides is 1. The van der Waals surface area contributed by atoms with E-state index in [9.17, 15) is 9.59 Å². The SMILES string of the molecule is Cc1ccc(C(=O)CCCS/C(N)=N/C(=O)OC(C)(C)C)cc1. The van der Waals surface area contributed by atoms with Crippen molar-refractivity contribution in [1.82, 2.24) is 0 Å². The fourth-order valence-electron chi connectivity index (χ4n) is 1.70. The third-order valence-corrected chi connectivity index (χ3v) is 3.65. The first-order valence-corrected chi connectivity index (χ1v) is 8.46. The molecule has 0 saturated carbocycles. The maximum absolute atomic E-state index is 12.0. The number of thioether (sulfide) groups is 1. The van der Waals surface area contributed by atoms with Crippen LogP contribution in [0.1, 0.15) is 49.5 Å². The number of hydrogen-bond acceptors (Lipinski definition) is 4. The number of rotatable bonds is 5. The molecule has 0 atom stereocenters. The first-order valence-electron chi connectivity index (χ1n) is 7.47. The number of ketones is 1. The highest BCUT2D eigenvalue weighted by molar-refractivity contribution is 8.13. The van der Waals surface area contributed by atoms with Crippen molar-refractivity contribution in [3.63, 3.8) is 0 Å². The van der Waals surface area contributed by atoms with Crippen LogP contribution in [-0.2, 0) is 4.74 Å². The van der Waals surface area contributed by atoms with Gasteiger partial charge in [0, 0.05) is 17.7 Å². The minimum Gasteiger partial charge on any atom is -0.442 e. The molecule has 0 aliphatic rings. The molecule has 0 aromatic heterocycles. The van der Waals surface area contributed by atoms with Crippen LogP contribution < -0.4 is 5.73 Å². The van der Waals surface area contributed by atoms with E-state index in [2.05, 4.69) is 4.99 Å². The van der Waals surface area contributed by atoms with Crippen LogP contribution in [0.2, 0.25) is 0 Å². The molecule has 2 N–H and O–H groups in total. The summed E-state index contributed by atoms with van der Waals surface area (Å²) in [6.45, 7) is 7.28. The molecule has 1 aromatic rings. The third kappa shape index (κ3) is 8.40. The molecule has 1 amide bonds. The molecule has 126 valence electrons. The molecule has 0 spiro atoms. The zero-order valence-corrected chi connectivity index (χ0v) is 14.9. The van der Waals surface area contributed by atoms with E-state index in [1.165, 1.54) is 11.8 Å². The van der Waals surface area contributed by atoms with Crippen LogP contribution in [0.25, 0.3) is 0 Å². The average molecular weight is 336 g/mol. The molecule has 1 aromatic carbocycles. The number of amidine groups is 1. The van der Waals surface area contributed by atoms with Gasteiger partial charge in [-0.25, -0.2) is 4.79 Å². The number of nitrogens with zero attached hydrogens (tertiary/aromatic N) is 1. The summed E-state index contributed by atoms with van der Waals surface area (Å²) >= 11 is 1.25. The van der Waals surface area contributed by atoms with E-state index in [0.717, 1.165) is 11.1 Å². The van der Waals surface area contributed by atoms with E-state index >= 15 is 0 Å². The highest BCUT2D eigenvalue weighted by atomic mass is 32.2. The van der Waals surface area contributed by atoms with Gasteiger partial charge in [0.25, 0.3) is 0 Å². The minimum atomic E-state index is -0.696. The minimum absolute atomic E-state index is 0.105. The topological polar surface area (TPSA) is 81.8 Å². The third-order valence-electron chi connectivity index (χ3n) is 2.77. The van der Waals surface area contributed by atoms with Gasteiger partial charge in [-0.15, -0.1) is 0 Å². The summed E-state index contributed by atoms with van der Waals surface area (Å²) in [6.07, 6.45) is 0.413. The Morgan fingerprint density at radius 1 is 1.22 bits per heavy atom. The largest absolute Gasteiger partial charge is 0.442 e. The van der Waals surface area contributed by atoms with Crippen LogP contribution in [0.5, 0.6) is 0 Å². The van der Waals surface area contributed by atoms with Gasteiger partial charge < -0.3 is 10.5 Å². The number of benzene rings is 1. The lowest BCUT2D eigenvalue weighted by atomic mass is 10.1. The van der Waals surface area contributed by atoms with Crippen LogP contribution in [0.4, 0.5) is 4.79 Å². The van der Waals surface area contributed by atoms with Crippen LogP contribution in [0, 0.1) is 6.92 Å². The van der Waals surface area contributed by atoms with Gasteiger partial charge >= 0.3 is 6.09 Å². The number of hydrogen-bond donors (Lipinski definition) is 1. The highest BCUT2D eigenvalue weighted by Gasteiger charge is 2.16. The van der Waals surface area contributed by atoms with Crippen molar-refractivity contribution in [3.05, 3.63) is 35.4 Å². The van der Waals surface area contributed by atoms with Gasteiger partial charge in [-0.05, 0) is 34.1 Å². The molecule has 0 bridgehead atoms. The van der Waals surface area contributed by atoms with Crippen LogP contribution in [0.3, 0.4) is 0 Å². The Bertz CT molecular complexity index is 574. The first kappa shape index (κ1) is 19.2. The Kier molecular flexibility index (Phi) is 7.29. The van der Waals surface area contributed by atoms with Crippen molar-refractivity contribution < 1.29 is 14.3 Å². The predicted octanol–water partition coefficient (Wildman–Crippen LogP) is 3.94. The summed E-state index contributed by atoms with van der Waals surface area (Å²) in [5, 5.41) is 0.155. The van der Waals surface area contributed by atoms with E-state index in [0.29, 0.717) is 18.6 Å². The van der Waals surface area contributed by atoms with Crippen molar-refractivity contribution in [2.45, 2.75) is 46.1 Å². The van der Waals surface area contributed by atoms with Gasteiger partial charge in [0.1, 0.15) is 5.60 Å². The Balaban J connectivity index is 2.32. The van der Waals surface area contributed by atoms with Gasteiger partial charge in [-0.2, -0.15) is 4.99 Å². The molecule has 0 aliphatic carbocycles. The highest BCUT2D eigenvalue weighted by Crippen LogP contribution is 2.12. The van der Waals surface area contributed by atoms with E-state index in [-0.39, 0.29) is 11.0 Å². The number of carbonyl (C=O) groups is 2. The van der Waals surface area contributed by atoms with Gasteiger partial charge in [0.05, 0.1) is 0 Å². The standard InChI is InChI=1S/C17H24N2O3S/c1-12-7-9-13(10-8-12)14(20)6-5-11-23-15(18)19-16(21)22-17(2,3)4/h7-10H,5-6,11H2,1-4H3,(H2,18,19,21). The van der Waals surface area contributed by atoms with Crippen LogP contribution >= 0.6 is 11.8 Å². The van der Waals surface area contributed by atoms with Gasteiger partial charge in [0.2, 0.25) is 0 Å². The van der Waals surface area contributed by atoms with Crippen molar-refractivity contribution in [3.8, 4) is 0 Å². The number of Topliss-reactive ketones (excluding diaryl/α,β-unsaturated/α-hetero) is 1. The monoisotopic (exact) mass is 336 g/mol. The van der Waals surface area contributed by atoms with E-state index < -0.39 is 11.7 Å². The summed E-state index contributed by atoms with van der Waals surface area (Å²) in [5.41, 5.74) is 6.92. The molecule has 0 radical (unpaired) electrons. The lowest BCUT2D eigenvalue weighted by molar-refractivity contribution is 0.0604. The summed E-state index contributed by atoms with van der Waals surface area (Å²) in [7, 11) is 0. The molecule has 0 aliphatic heterocycles. The van der Waals surface area contributed by atoms with Crippen molar-refractivity contribution in [2.24, 2.45) is 10.7 Å². The Morgan fingerprint density at radius 2 is 1.83 bits per heavy atom. The van der Waals surface area contributed by atoms with Crippen molar-refractivity contribution in [1.29, 1.82) is 0 Å². The molecular formula is C17H24N2O3S. The zero-order chi connectivity index (χ0) is 17.5.